The maximum Gasteiger partial charge on any atom is 0.276 e. The van der Waals surface area contributed by atoms with Gasteiger partial charge in [-0.25, -0.2) is 8.42 Å². The van der Waals surface area contributed by atoms with Gasteiger partial charge in [0.1, 0.15) is 5.76 Å². The monoisotopic (exact) mass is 400 g/mol. The van der Waals surface area contributed by atoms with Crippen molar-refractivity contribution in [3.63, 3.8) is 0 Å². The van der Waals surface area contributed by atoms with E-state index in [1.54, 1.807) is 18.2 Å². The zero-order chi connectivity index (χ0) is 19.7. The molecule has 1 aliphatic rings. The van der Waals surface area contributed by atoms with Crippen molar-refractivity contribution in [2.75, 3.05) is 11.5 Å². The number of sulfone groups is 1. The number of nitrogens with zero attached hydrogens (tertiary/aromatic N) is 2. The fourth-order valence-electron chi connectivity index (χ4n) is 3.34. The van der Waals surface area contributed by atoms with Crippen LogP contribution in [0.15, 0.2) is 57.7 Å². The normalized spacial score (nSPS) is 18.2. The molecule has 1 atom stereocenters. The predicted octanol–water partition coefficient (Wildman–Crippen LogP) is 3.07. The maximum atomic E-state index is 13.1. The number of furan rings is 1. The summed E-state index contributed by atoms with van der Waals surface area (Å²) in [4.78, 5) is 14.6. The van der Waals surface area contributed by atoms with Crippen LogP contribution in [0.1, 0.15) is 28.2 Å². The van der Waals surface area contributed by atoms with Crippen LogP contribution in [0.25, 0.3) is 11.3 Å². The molecule has 3 aromatic rings. The molecule has 0 saturated carbocycles. The Morgan fingerprint density at radius 3 is 2.68 bits per heavy atom. The molecular weight excluding hydrogens is 380 g/mol. The van der Waals surface area contributed by atoms with Crippen LogP contribution in [-0.4, -0.2) is 41.9 Å². The minimum atomic E-state index is -3.15. The Kier molecular flexibility index (Phi) is 4.80. The van der Waals surface area contributed by atoms with E-state index in [2.05, 4.69) is 5.16 Å². The summed E-state index contributed by atoms with van der Waals surface area (Å²) in [7, 11) is -3.15. The van der Waals surface area contributed by atoms with Gasteiger partial charge in [0.05, 0.1) is 24.3 Å². The number of carbonyl (C=O) groups is 1. The van der Waals surface area contributed by atoms with E-state index in [1.807, 2.05) is 31.2 Å². The summed E-state index contributed by atoms with van der Waals surface area (Å²) >= 11 is 0. The Morgan fingerprint density at radius 2 is 2.04 bits per heavy atom. The van der Waals surface area contributed by atoms with E-state index in [4.69, 9.17) is 8.94 Å². The van der Waals surface area contributed by atoms with Crippen molar-refractivity contribution in [1.82, 2.24) is 10.1 Å². The number of aryl methyl sites for hydroxylation is 1. The molecular formula is C20H20N2O5S. The first-order valence-electron chi connectivity index (χ1n) is 8.99. The molecule has 1 aromatic carbocycles. The molecule has 0 radical (unpaired) electrons. The van der Waals surface area contributed by atoms with Gasteiger partial charge >= 0.3 is 0 Å². The number of amides is 1. The van der Waals surface area contributed by atoms with Gasteiger partial charge in [-0.3, -0.25) is 4.79 Å². The Hall–Kier alpha value is -2.87. The Bertz CT molecular complexity index is 1070. The Morgan fingerprint density at radius 1 is 1.25 bits per heavy atom. The average Bonchev–Trinajstić information content (AvgIpc) is 3.40. The molecule has 0 aliphatic carbocycles. The Balaban J connectivity index is 1.61. The summed E-state index contributed by atoms with van der Waals surface area (Å²) in [5, 5.41) is 3.93. The van der Waals surface area contributed by atoms with Gasteiger partial charge in [0.25, 0.3) is 5.91 Å². The fourth-order valence-corrected chi connectivity index (χ4v) is 5.07. The molecule has 1 aliphatic heterocycles. The number of hydrogen-bond donors (Lipinski definition) is 0. The first-order valence-corrected chi connectivity index (χ1v) is 10.8. The van der Waals surface area contributed by atoms with Gasteiger partial charge in [-0.05, 0) is 25.5 Å². The van der Waals surface area contributed by atoms with Crippen molar-refractivity contribution < 1.29 is 22.2 Å². The van der Waals surface area contributed by atoms with E-state index in [1.165, 1.54) is 11.2 Å². The number of rotatable bonds is 5. The smallest absolute Gasteiger partial charge is 0.276 e. The van der Waals surface area contributed by atoms with Crippen LogP contribution < -0.4 is 0 Å². The van der Waals surface area contributed by atoms with Gasteiger partial charge in [-0.15, -0.1) is 0 Å². The Labute approximate surface area is 162 Å². The standard InChI is InChI=1S/C20H20N2O5S/c1-14-4-6-15(7-5-14)19-11-18(21-27-19)20(23)22(12-17-3-2-9-26-17)16-8-10-28(24,25)13-16/h2-7,9,11,16H,8,10,12-13H2,1H3. The third kappa shape index (κ3) is 3.87. The molecule has 0 bridgehead atoms. The van der Waals surface area contributed by atoms with Crippen LogP contribution in [0.4, 0.5) is 0 Å². The van der Waals surface area contributed by atoms with Crippen LogP contribution in [0.2, 0.25) is 0 Å². The maximum absolute atomic E-state index is 13.1. The topological polar surface area (TPSA) is 93.6 Å². The summed E-state index contributed by atoms with van der Waals surface area (Å²) in [6.45, 7) is 2.17. The zero-order valence-electron chi connectivity index (χ0n) is 15.4. The fraction of sp³-hybridized carbons (Fsp3) is 0.300. The molecule has 1 unspecified atom stereocenters. The summed E-state index contributed by atoms with van der Waals surface area (Å²) < 4.78 is 34.6. The van der Waals surface area contributed by atoms with Gasteiger partial charge in [0.2, 0.25) is 0 Å². The second kappa shape index (κ2) is 7.27. The van der Waals surface area contributed by atoms with Gasteiger partial charge in [-0.2, -0.15) is 0 Å². The number of carbonyl (C=O) groups excluding carboxylic acids is 1. The number of benzene rings is 1. The van der Waals surface area contributed by atoms with Crippen molar-refractivity contribution in [1.29, 1.82) is 0 Å². The zero-order valence-corrected chi connectivity index (χ0v) is 16.2. The van der Waals surface area contributed by atoms with E-state index in [0.717, 1.165) is 11.1 Å². The summed E-state index contributed by atoms with van der Waals surface area (Å²) in [5.74, 6) is 0.718. The lowest BCUT2D eigenvalue weighted by Gasteiger charge is -2.26. The largest absolute Gasteiger partial charge is 0.467 e. The lowest BCUT2D eigenvalue weighted by molar-refractivity contribution is 0.0655. The molecule has 1 amide bonds. The lowest BCUT2D eigenvalue weighted by Crippen LogP contribution is -2.40. The summed E-state index contributed by atoms with van der Waals surface area (Å²) in [5.41, 5.74) is 2.08. The molecule has 0 N–H and O–H groups in total. The van der Waals surface area contributed by atoms with Gasteiger partial charge in [0.15, 0.2) is 21.3 Å². The second-order valence-electron chi connectivity index (χ2n) is 7.01. The van der Waals surface area contributed by atoms with Crippen LogP contribution >= 0.6 is 0 Å². The molecule has 0 spiro atoms. The molecule has 1 fully saturated rings. The highest BCUT2D eigenvalue weighted by Gasteiger charge is 2.36. The van der Waals surface area contributed by atoms with Gasteiger partial charge < -0.3 is 13.8 Å². The highest BCUT2D eigenvalue weighted by molar-refractivity contribution is 7.91. The molecule has 4 rings (SSSR count). The van der Waals surface area contributed by atoms with Crippen molar-refractivity contribution in [2.45, 2.75) is 25.9 Å². The van der Waals surface area contributed by atoms with Gasteiger partial charge in [0, 0.05) is 17.7 Å². The average molecular weight is 400 g/mol. The van der Waals surface area contributed by atoms with Crippen LogP contribution in [-0.2, 0) is 16.4 Å². The second-order valence-corrected chi connectivity index (χ2v) is 9.24. The van der Waals surface area contributed by atoms with Crippen LogP contribution in [0.3, 0.4) is 0 Å². The lowest BCUT2D eigenvalue weighted by atomic mass is 10.1. The number of aromatic nitrogens is 1. The quantitative estimate of drug-likeness (QED) is 0.653. The first-order chi connectivity index (χ1) is 13.4. The molecule has 7 nitrogen and oxygen atoms in total. The summed E-state index contributed by atoms with van der Waals surface area (Å²) in [6, 6.07) is 12.4. The van der Waals surface area contributed by atoms with E-state index in [-0.39, 0.29) is 29.7 Å². The van der Waals surface area contributed by atoms with Crippen molar-refractivity contribution >= 4 is 15.7 Å². The molecule has 28 heavy (non-hydrogen) atoms. The molecule has 8 heteroatoms. The highest BCUT2D eigenvalue weighted by Crippen LogP contribution is 2.25. The van der Waals surface area contributed by atoms with Crippen LogP contribution in [0, 0.1) is 6.92 Å². The molecule has 1 saturated heterocycles. The van der Waals surface area contributed by atoms with E-state index in [9.17, 15) is 13.2 Å². The van der Waals surface area contributed by atoms with Crippen molar-refractivity contribution in [2.24, 2.45) is 0 Å². The van der Waals surface area contributed by atoms with E-state index in [0.29, 0.717) is 17.9 Å². The minimum absolute atomic E-state index is 0.0535. The molecule has 3 heterocycles. The van der Waals surface area contributed by atoms with Crippen molar-refractivity contribution in [3.05, 3.63) is 65.7 Å². The molecule has 2 aromatic heterocycles. The first kappa shape index (κ1) is 18.5. The van der Waals surface area contributed by atoms with Gasteiger partial charge in [-0.1, -0.05) is 35.0 Å². The third-order valence-electron chi connectivity index (χ3n) is 4.88. The van der Waals surface area contributed by atoms with E-state index < -0.39 is 15.9 Å². The molecule has 146 valence electrons. The van der Waals surface area contributed by atoms with Crippen molar-refractivity contribution in [3.8, 4) is 11.3 Å². The SMILES string of the molecule is Cc1ccc(-c2cc(C(=O)N(Cc3ccco3)C3CCS(=O)(=O)C3)no2)cc1. The van der Waals surface area contributed by atoms with E-state index >= 15 is 0 Å². The number of hydrogen-bond acceptors (Lipinski definition) is 6. The predicted molar refractivity (Wildman–Crippen MR) is 102 cm³/mol. The van der Waals surface area contributed by atoms with Crippen LogP contribution in [0.5, 0.6) is 0 Å². The third-order valence-corrected chi connectivity index (χ3v) is 6.63. The summed E-state index contributed by atoms with van der Waals surface area (Å²) in [6.07, 6.45) is 1.92. The highest BCUT2D eigenvalue weighted by atomic mass is 32.2. The minimum Gasteiger partial charge on any atom is -0.467 e.